The third-order valence-electron chi connectivity index (χ3n) is 6.80. The van der Waals surface area contributed by atoms with Gasteiger partial charge < -0.3 is 4.90 Å². The number of halogens is 1. The Morgan fingerprint density at radius 3 is 2.39 bits per heavy atom. The molecule has 0 aromatic heterocycles. The molecule has 3 aromatic rings. The van der Waals surface area contributed by atoms with Gasteiger partial charge >= 0.3 is 0 Å². The monoisotopic (exact) mass is 413 g/mol. The predicted molar refractivity (Wildman–Crippen MR) is 118 cm³/mol. The fraction of sp³-hybridized carbons (Fsp3) is 0.259. The highest BCUT2D eigenvalue weighted by Crippen LogP contribution is 2.52. The Balaban J connectivity index is 1.63. The molecule has 1 fully saturated rings. The highest BCUT2D eigenvalue weighted by molar-refractivity contribution is 6.09. The molecule has 0 saturated heterocycles. The lowest BCUT2D eigenvalue weighted by atomic mass is 9.66. The quantitative estimate of drug-likeness (QED) is 0.575. The molecular weight excluding hydrogens is 389 g/mol. The number of hydrogen-bond donors (Lipinski definition) is 0. The summed E-state index contributed by atoms with van der Waals surface area (Å²) in [6, 6.07) is 24.3. The third kappa shape index (κ3) is 3.36. The van der Waals surface area contributed by atoms with Crippen LogP contribution in [0.1, 0.15) is 36.0 Å². The molecule has 0 bridgehead atoms. The summed E-state index contributed by atoms with van der Waals surface area (Å²) in [6.45, 7) is 0.310. The molecule has 31 heavy (non-hydrogen) atoms. The Labute approximate surface area is 181 Å². The van der Waals surface area contributed by atoms with Crippen LogP contribution in [0, 0.1) is 11.7 Å². The van der Waals surface area contributed by atoms with Gasteiger partial charge in [0, 0.05) is 18.5 Å². The van der Waals surface area contributed by atoms with Crippen LogP contribution in [0.15, 0.2) is 78.9 Å². The number of amides is 1. The van der Waals surface area contributed by atoms with Crippen molar-refractivity contribution < 1.29 is 14.0 Å². The van der Waals surface area contributed by atoms with E-state index in [2.05, 4.69) is 0 Å². The van der Waals surface area contributed by atoms with Crippen molar-refractivity contribution in [3.05, 3.63) is 101 Å². The van der Waals surface area contributed by atoms with Crippen LogP contribution in [0.2, 0.25) is 0 Å². The normalized spacial score (nSPS) is 22.7. The van der Waals surface area contributed by atoms with E-state index < -0.39 is 5.41 Å². The third-order valence-corrected chi connectivity index (χ3v) is 6.80. The molecule has 0 radical (unpaired) electrons. The minimum atomic E-state index is -0.780. The Bertz CT molecular complexity index is 1140. The van der Waals surface area contributed by atoms with E-state index in [9.17, 15) is 14.0 Å². The largest absolute Gasteiger partial charge is 0.307 e. The molecule has 3 aromatic carbocycles. The summed E-state index contributed by atoms with van der Waals surface area (Å²) in [6.07, 6.45) is 2.24. The number of nitrogens with zero attached hydrogens (tertiary/aromatic N) is 1. The lowest BCUT2D eigenvalue weighted by molar-refractivity contribution is -0.125. The number of hydrogen-bond acceptors (Lipinski definition) is 2. The smallest absolute Gasteiger partial charge is 0.238 e. The number of benzene rings is 3. The molecular formula is C27H24FNO2. The topological polar surface area (TPSA) is 37.4 Å². The number of carbonyl (C=O) groups is 2. The number of para-hydroxylation sites is 1. The first-order valence-electron chi connectivity index (χ1n) is 10.8. The molecule has 4 heteroatoms. The lowest BCUT2D eigenvalue weighted by Gasteiger charge is -2.34. The van der Waals surface area contributed by atoms with E-state index in [1.54, 1.807) is 11.0 Å². The summed E-state index contributed by atoms with van der Waals surface area (Å²) in [5.41, 5.74) is 2.91. The molecule has 2 aliphatic rings. The minimum Gasteiger partial charge on any atom is -0.307 e. The lowest BCUT2D eigenvalue weighted by Crippen LogP contribution is -2.46. The van der Waals surface area contributed by atoms with Crippen molar-refractivity contribution in [3.63, 3.8) is 0 Å². The predicted octanol–water partition coefficient (Wildman–Crippen LogP) is 5.22. The van der Waals surface area contributed by atoms with Crippen LogP contribution in [-0.4, -0.2) is 11.7 Å². The van der Waals surface area contributed by atoms with Gasteiger partial charge in [0.2, 0.25) is 5.91 Å². The number of Topliss-reactive ketones (excluding diaryl/α,β-unsaturated/α-hetero) is 1. The maximum Gasteiger partial charge on any atom is 0.238 e. The zero-order valence-electron chi connectivity index (χ0n) is 17.3. The molecule has 1 aliphatic carbocycles. The zero-order valence-corrected chi connectivity index (χ0v) is 17.3. The maximum atomic E-state index is 14.2. The van der Waals surface area contributed by atoms with E-state index in [1.807, 2.05) is 60.7 Å². The van der Waals surface area contributed by atoms with Crippen molar-refractivity contribution in [3.8, 4) is 0 Å². The second-order valence-electron chi connectivity index (χ2n) is 8.65. The molecule has 3 nitrogen and oxygen atoms in total. The van der Waals surface area contributed by atoms with E-state index in [4.69, 9.17) is 0 Å². The molecule has 0 N–H and O–H groups in total. The first kappa shape index (κ1) is 19.7. The van der Waals surface area contributed by atoms with Crippen LogP contribution in [0.25, 0.3) is 0 Å². The summed E-state index contributed by atoms with van der Waals surface area (Å²) >= 11 is 0. The molecule has 0 unspecified atom stereocenters. The van der Waals surface area contributed by atoms with E-state index in [1.165, 1.54) is 12.1 Å². The minimum absolute atomic E-state index is 0.0153. The molecule has 1 saturated carbocycles. The summed E-state index contributed by atoms with van der Waals surface area (Å²) in [4.78, 5) is 28.2. The van der Waals surface area contributed by atoms with Crippen LogP contribution < -0.4 is 4.90 Å². The van der Waals surface area contributed by atoms with Gasteiger partial charge in [0.25, 0.3) is 0 Å². The highest BCUT2D eigenvalue weighted by Gasteiger charge is 2.56. The van der Waals surface area contributed by atoms with Gasteiger partial charge in [-0.1, -0.05) is 60.7 Å². The zero-order chi connectivity index (χ0) is 21.4. The van der Waals surface area contributed by atoms with Crippen LogP contribution in [0.4, 0.5) is 10.1 Å². The van der Waals surface area contributed by atoms with Gasteiger partial charge in [0.15, 0.2) is 0 Å². The SMILES string of the molecule is O=C1CC[C@@H]([C@]2(Cc3ccccc3)C(=O)N(Cc3cccc(F)c3)c3ccccc32)C1. The van der Waals surface area contributed by atoms with Gasteiger partial charge in [0.1, 0.15) is 11.6 Å². The number of rotatable bonds is 5. The second-order valence-corrected chi connectivity index (χ2v) is 8.65. The Hall–Kier alpha value is -3.27. The molecule has 1 heterocycles. The van der Waals surface area contributed by atoms with Gasteiger partial charge in [-0.05, 0) is 53.6 Å². The summed E-state index contributed by atoms with van der Waals surface area (Å²) < 4.78 is 13.8. The number of ketones is 1. The van der Waals surface area contributed by atoms with Crippen molar-refractivity contribution in [2.24, 2.45) is 5.92 Å². The van der Waals surface area contributed by atoms with E-state index in [-0.39, 0.29) is 23.4 Å². The molecule has 1 aliphatic heterocycles. The molecule has 1 amide bonds. The Morgan fingerprint density at radius 2 is 1.65 bits per heavy atom. The maximum absolute atomic E-state index is 14.2. The van der Waals surface area contributed by atoms with Crippen LogP contribution in [0.5, 0.6) is 0 Å². The standard InChI is InChI=1S/C27H24FNO2/c28-22-10-6-9-20(15-22)18-29-25-12-5-4-11-24(25)27(26(29)31,21-13-14-23(30)16-21)17-19-7-2-1-3-8-19/h1-12,15,21H,13-14,16-18H2/t21-,27+/m1/s1. The van der Waals surface area contributed by atoms with Gasteiger partial charge in [-0.25, -0.2) is 4.39 Å². The van der Waals surface area contributed by atoms with Gasteiger partial charge in [0.05, 0.1) is 12.0 Å². The second kappa shape index (κ2) is 7.77. The Kier molecular flexibility index (Phi) is 4.93. The van der Waals surface area contributed by atoms with E-state index >= 15 is 0 Å². The Morgan fingerprint density at radius 1 is 0.903 bits per heavy atom. The van der Waals surface area contributed by atoms with Crippen LogP contribution in [-0.2, 0) is 28.0 Å². The molecule has 0 spiro atoms. The average Bonchev–Trinajstić information content (AvgIpc) is 3.31. The summed E-state index contributed by atoms with van der Waals surface area (Å²) in [5.74, 6) is -0.103. The van der Waals surface area contributed by atoms with Crippen molar-refractivity contribution >= 4 is 17.4 Å². The summed E-state index contributed by atoms with van der Waals surface area (Å²) in [5, 5.41) is 0. The van der Waals surface area contributed by atoms with Crippen molar-refractivity contribution in [1.82, 2.24) is 0 Å². The average molecular weight is 413 g/mol. The molecule has 5 rings (SSSR count). The first-order chi connectivity index (χ1) is 15.1. The van der Waals surface area contributed by atoms with Crippen molar-refractivity contribution in [2.75, 3.05) is 4.90 Å². The number of anilines is 1. The van der Waals surface area contributed by atoms with E-state index in [0.717, 1.165) is 28.8 Å². The van der Waals surface area contributed by atoms with Crippen molar-refractivity contribution in [2.45, 2.75) is 37.6 Å². The van der Waals surface area contributed by atoms with Gasteiger partial charge in [-0.3, -0.25) is 9.59 Å². The number of carbonyl (C=O) groups excluding carboxylic acids is 2. The van der Waals surface area contributed by atoms with Gasteiger partial charge in [-0.2, -0.15) is 0 Å². The fourth-order valence-corrected chi connectivity index (χ4v) is 5.39. The van der Waals surface area contributed by atoms with E-state index in [0.29, 0.717) is 25.8 Å². The molecule has 2 atom stereocenters. The van der Waals surface area contributed by atoms with Gasteiger partial charge in [-0.15, -0.1) is 0 Å². The van der Waals surface area contributed by atoms with Crippen LogP contribution >= 0.6 is 0 Å². The summed E-state index contributed by atoms with van der Waals surface area (Å²) in [7, 11) is 0. The first-order valence-corrected chi connectivity index (χ1v) is 10.8. The van der Waals surface area contributed by atoms with Crippen molar-refractivity contribution in [1.29, 1.82) is 0 Å². The number of fused-ring (bicyclic) bond motifs is 1. The highest BCUT2D eigenvalue weighted by atomic mass is 19.1. The molecule has 156 valence electrons. The van der Waals surface area contributed by atoms with Crippen LogP contribution in [0.3, 0.4) is 0 Å². The fourth-order valence-electron chi connectivity index (χ4n) is 5.39.